The van der Waals surface area contributed by atoms with E-state index in [-0.39, 0.29) is 59.2 Å². The molecule has 0 spiro atoms. The van der Waals surface area contributed by atoms with Crippen molar-refractivity contribution in [1.82, 2.24) is 0 Å². The van der Waals surface area contributed by atoms with Crippen LogP contribution in [-0.2, 0) is 13.1 Å². The summed E-state index contributed by atoms with van der Waals surface area (Å²) in [5.41, 5.74) is 5.72. The van der Waals surface area contributed by atoms with Gasteiger partial charge in [0.05, 0.1) is 24.2 Å². The number of Topliss-reactive ketones (excluding diaryl/α,β-unsaturated/α-hetero) is 4. The number of amides is 2. The van der Waals surface area contributed by atoms with Gasteiger partial charge in [-0.25, -0.2) is 0 Å². The first-order valence-corrected chi connectivity index (χ1v) is 18.1. The second-order valence-corrected chi connectivity index (χ2v) is 13.8. The van der Waals surface area contributed by atoms with Crippen LogP contribution in [0.1, 0.15) is 84.4 Å². The SMILES string of the molecule is O=C1C(=Cc2ccc3c(c2)N(C(=O)c2ccccc2)Cc2ccc(C=C4C(=O)c5ccccc5C4=O)cc2N(C(=O)c2ccccc2)C3)C(=O)c2ccccc21. The monoisotopic (exact) mass is 730 g/mol. The maximum Gasteiger partial charge on any atom is 0.258 e. The number of anilines is 2. The lowest BCUT2D eigenvalue weighted by Crippen LogP contribution is -2.38. The molecule has 8 nitrogen and oxygen atoms in total. The standard InChI is InChI=1S/C48H30N2O6/c51-43-35-15-7-8-16-36(35)44(52)39(43)23-29-20-22-34-28-50(48(56)32-13-5-2-6-14-32)42-26-30(24-40-45(53)37-17-9-10-18-38(37)46(40)54)19-21-33(42)27-49(41(34)25-29)47(55)31-11-3-1-4-12-31/h1-26H,27-28H2. The highest BCUT2D eigenvalue weighted by Gasteiger charge is 2.35. The average molecular weight is 731 g/mol. The number of fused-ring (bicyclic) bond motifs is 4. The molecule has 0 radical (unpaired) electrons. The van der Waals surface area contributed by atoms with Crippen LogP contribution in [0, 0.1) is 0 Å². The normalized spacial score (nSPS) is 14.4. The zero-order chi connectivity index (χ0) is 38.5. The molecule has 56 heavy (non-hydrogen) atoms. The van der Waals surface area contributed by atoms with Gasteiger partial charge in [0.25, 0.3) is 11.8 Å². The quantitative estimate of drug-likeness (QED) is 0.133. The summed E-state index contributed by atoms with van der Waals surface area (Å²) >= 11 is 0. The number of ketones is 4. The Morgan fingerprint density at radius 1 is 0.411 bits per heavy atom. The minimum absolute atomic E-state index is 0.0353. The highest BCUT2D eigenvalue weighted by Crippen LogP contribution is 2.38. The van der Waals surface area contributed by atoms with Crippen LogP contribution in [0.4, 0.5) is 11.4 Å². The van der Waals surface area contributed by atoms with Gasteiger partial charge in [-0.2, -0.15) is 0 Å². The molecule has 0 aromatic heterocycles. The predicted octanol–water partition coefficient (Wildman–Crippen LogP) is 8.62. The molecule has 0 saturated carbocycles. The second kappa shape index (κ2) is 13.7. The number of benzene rings is 6. The first-order valence-electron chi connectivity index (χ1n) is 18.1. The van der Waals surface area contributed by atoms with E-state index >= 15 is 0 Å². The zero-order valence-electron chi connectivity index (χ0n) is 29.8. The summed E-state index contributed by atoms with van der Waals surface area (Å²) < 4.78 is 0. The lowest BCUT2D eigenvalue weighted by atomic mass is 9.97. The van der Waals surface area contributed by atoms with Crippen LogP contribution in [0.5, 0.6) is 0 Å². The van der Waals surface area contributed by atoms with E-state index < -0.39 is 0 Å². The largest absolute Gasteiger partial charge is 0.303 e. The number of nitrogens with zero attached hydrogens (tertiary/aromatic N) is 2. The van der Waals surface area contributed by atoms with E-state index in [1.54, 1.807) is 155 Å². The Bertz CT molecular complexity index is 2500. The Morgan fingerprint density at radius 3 is 1.07 bits per heavy atom. The fourth-order valence-electron chi connectivity index (χ4n) is 7.60. The maximum absolute atomic E-state index is 14.5. The highest BCUT2D eigenvalue weighted by atomic mass is 16.2. The lowest BCUT2D eigenvalue weighted by Gasteiger charge is -2.34. The fraction of sp³-hybridized carbons (Fsp3) is 0.0417. The molecule has 0 saturated heterocycles. The van der Waals surface area contributed by atoms with E-state index in [1.165, 1.54) is 0 Å². The van der Waals surface area contributed by atoms with E-state index in [0.29, 0.717) is 67.0 Å². The van der Waals surface area contributed by atoms with Crippen molar-refractivity contribution >= 4 is 58.5 Å². The molecule has 2 amide bonds. The minimum atomic E-state index is -0.362. The zero-order valence-corrected chi connectivity index (χ0v) is 29.8. The summed E-state index contributed by atoms with van der Waals surface area (Å²) in [6.45, 7) is 0.0796. The number of hydrogen-bond donors (Lipinski definition) is 0. The van der Waals surface area contributed by atoms with Crippen LogP contribution in [0.2, 0.25) is 0 Å². The summed E-state index contributed by atoms with van der Waals surface area (Å²) in [5.74, 6) is -2.04. The van der Waals surface area contributed by atoms with Gasteiger partial charge in [-0.05, 0) is 70.8 Å². The number of hydrogen-bond acceptors (Lipinski definition) is 6. The third-order valence-electron chi connectivity index (χ3n) is 10.4. The third kappa shape index (κ3) is 5.81. The molecule has 6 aromatic rings. The second-order valence-electron chi connectivity index (χ2n) is 13.8. The van der Waals surface area contributed by atoms with Gasteiger partial charge >= 0.3 is 0 Å². The molecule has 268 valence electrons. The van der Waals surface area contributed by atoms with Crippen molar-refractivity contribution in [2.45, 2.75) is 13.1 Å². The van der Waals surface area contributed by atoms with E-state index in [4.69, 9.17) is 0 Å². The molecule has 0 atom stereocenters. The number of carbonyl (C=O) groups is 6. The van der Waals surface area contributed by atoms with Gasteiger partial charge in [0.15, 0.2) is 23.1 Å². The van der Waals surface area contributed by atoms with Crippen LogP contribution in [0.25, 0.3) is 12.2 Å². The van der Waals surface area contributed by atoms with E-state index in [1.807, 2.05) is 12.1 Å². The number of carbonyl (C=O) groups excluding carboxylic acids is 6. The molecule has 6 aromatic carbocycles. The van der Waals surface area contributed by atoms with E-state index in [2.05, 4.69) is 0 Å². The van der Waals surface area contributed by atoms with Crippen LogP contribution < -0.4 is 9.80 Å². The molecule has 3 aliphatic rings. The Morgan fingerprint density at radius 2 is 0.732 bits per heavy atom. The highest BCUT2D eigenvalue weighted by molar-refractivity contribution is 6.42. The number of allylic oxidation sites excluding steroid dienone is 2. The van der Waals surface area contributed by atoms with Crippen molar-refractivity contribution < 1.29 is 28.8 Å². The molecule has 2 aliphatic carbocycles. The van der Waals surface area contributed by atoms with Crippen LogP contribution in [0.15, 0.2) is 157 Å². The van der Waals surface area contributed by atoms with Crippen molar-refractivity contribution in [3.8, 4) is 0 Å². The first kappa shape index (κ1) is 34.2. The Labute approximate surface area is 321 Å². The van der Waals surface area contributed by atoms with Gasteiger partial charge in [0, 0.05) is 44.8 Å². The summed E-state index contributed by atoms with van der Waals surface area (Å²) in [4.78, 5) is 85.6. The van der Waals surface area contributed by atoms with Gasteiger partial charge in [-0.15, -0.1) is 0 Å². The van der Waals surface area contributed by atoms with Crippen LogP contribution in [0.3, 0.4) is 0 Å². The fourth-order valence-corrected chi connectivity index (χ4v) is 7.60. The predicted molar refractivity (Wildman–Crippen MR) is 213 cm³/mol. The molecule has 8 heteroatoms. The Hall–Kier alpha value is -7.58. The first-order chi connectivity index (χ1) is 27.3. The molecule has 9 rings (SSSR count). The summed E-state index contributed by atoms with van der Waals surface area (Å²) in [7, 11) is 0. The molecule has 0 fully saturated rings. The summed E-state index contributed by atoms with van der Waals surface area (Å²) in [6.07, 6.45) is 3.11. The third-order valence-corrected chi connectivity index (χ3v) is 10.4. The molecular formula is C48H30N2O6. The van der Waals surface area contributed by atoms with Crippen molar-refractivity contribution in [2.24, 2.45) is 0 Å². The molecule has 1 aliphatic heterocycles. The topological polar surface area (TPSA) is 109 Å². The van der Waals surface area contributed by atoms with E-state index in [9.17, 15) is 28.8 Å². The van der Waals surface area contributed by atoms with Gasteiger partial charge in [0.2, 0.25) is 0 Å². The molecule has 0 unspecified atom stereocenters. The maximum atomic E-state index is 14.5. The average Bonchev–Trinajstić information content (AvgIpc) is 3.62. The van der Waals surface area contributed by atoms with Crippen molar-refractivity contribution in [1.29, 1.82) is 0 Å². The smallest absolute Gasteiger partial charge is 0.258 e. The molecule has 0 N–H and O–H groups in total. The van der Waals surface area contributed by atoms with Crippen LogP contribution >= 0.6 is 0 Å². The number of rotatable bonds is 4. The van der Waals surface area contributed by atoms with Crippen molar-refractivity contribution in [3.63, 3.8) is 0 Å². The molecule has 1 heterocycles. The lowest BCUT2D eigenvalue weighted by molar-refractivity contribution is 0.0972. The van der Waals surface area contributed by atoms with Gasteiger partial charge in [-0.3, -0.25) is 28.8 Å². The Balaban J connectivity index is 1.19. The van der Waals surface area contributed by atoms with Gasteiger partial charge in [-0.1, -0.05) is 109 Å². The summed E-state index contributed by atoms with van der Waals surface area (Å²) in [5, 5.41) is 0. The van der Waals surface area contributed by atoms with Crippen molar-refractivity contribution in [3.05, 3.63) is 212 Å². The summed E-state index contributed by atoms with van der Waals surface area (Å²) in [6, 6.07) is 41.8. The van der Waals surface area contributed by atoms with Crippen molar-refractivity contribution in [2.75, 3.05) is 9.80 Å². The van der Waals surface area contributed by atoms with Gasteiger partial charge < -0.3 is 9.80 Å². The molecular weight excluding hydrogens is 701 g/mol. The Kier molecular flexibility index (Phi) is 8.36. The van der Waals surface area contributed by atoms with Gasteiger partial charge in [0.1, 0.15) is 0 Å². The van der Waals surface area contributed by atoms with E-state index in [0.717, 1.165) is 0 Å². The minimum Gasteiger partial charge on any atom is -0.303 e. The van der Waals surface area contributed by atoms with Crippen LogP contribution in [-0.4, -0.2) is 34.9 Å². The molecule has 0 bridgehead atoms.